The average Bonchev–Trinajstić information content (AvgIpc) is 2.50. The van der Waals surface area contributed by atoms with Gasteiger partial charge >= 0.3 is 6.09 Å². The van der Waals surface area contributed by atoms with Crippen molar-refractivity contribution in [2.45, 2.75) is 6.92 Å². The largest absolute Gasteiger partial charge is 0.450 e. The molecule has 2 rings (SSSR count). The molecule has 5 nitrogen and oxygen atoms in total. The quantitative estimate of drug-likeness (QED) is 0.837. The van der Waals surface area contributed by atoms with Crippen LogP contribution >= 0.6 is 23.2 Å². The maximum Gasteiger partial charge on any atom is 0.409 e. The number of amides is 2. The van der Waals surface area contributed by atoms with E-state index in [1.54, 1.807) is 34.9 Å². The van der Waals surface area contributed by atoms with Crippen LogP contribution in [0.4, 0.5) is 4.79 Å². The molecule has 114 valence electrons. The number of hydrogen-bond donors (Lipinski definition) is 0. The van der Waals surface area contributed by atoms with Crippen LogP contribution in [0.5, 0.6) is 0 Å². The summed E-state index contributed by atoms with van der Waals surface area (Å²) in [6, 6.07) is 4.81. The van der Waals surface area contributed by atoms with Crippen molar-refractivity contribution in [1.82, 2.24) is 9.80 Å². The van der Waals surface area contributed by atoms with Crippen LogP contribution in [0, 0.1) is 0 Å². The predicted molar refractivity (Wildman–Crippen MR) is 81.0 cm³/mol. The molecular formula is C14H16Cl2N2O3. The predicted octanol–water partition coefficient (Wildman–Crippen LogP) is 2.91. The Balaban J connectivity index is 1.97. The summed E-state index contributed by atoms with van der Waals surface area (Å²) < 4.78 is 4.94. The lowest BCUT2D eigenvalue weighted by Gasteiger charge is -2.34. The molecule has 0 atom stereocenters. The highest BCUT2D eigenvalue weighted by molar-refractivity contribution is 6.42. The third-order valence-electron chi connectivity index (χ3n) is 3.26. The molecule has 21 heavy (non-hydrogen) atoms. The Bertz CT molecular complexity index is 543. The summed E-state index contributed by atoms with van der Waals surface area (Å²) in [5, 5.41) is 0.771. The minimum absolute atomic E-state index is 0.114. The molecule has 1 aliphatic heterocycles. The molecule has 1 fully saturated rings. The lowest BCUT2D eigenvalue weighted by atomic mass is 10.2. The fraction of sp³-hybridized carbons (Fsp3) is 0.429. The minimum atomic E-state index is -0.334. The highest BCUT2D eigenvalue weighted by atomic mass is 35.5. The first kappa shape index (κ1) is 15.9. The summed E-state index contributed by atoms with van der Waals surface area (Å²) in [7, 11) is 0. The Hall–Kier alpha value is -1.46. The normalized spacial score (nSPS) is 15.0. The second kappa shape index (κ2) is 7.00. The molecule has 0 aliphatic carbocycles. The van der Waals surface area contributed by atoms with Crippen molar-refractivity contribution in [3.8, 4) is 0 Å². The number of carbonyl (C=O) groups excluding carboxylic acids is 2. The summed E-state index contributed by atoms with van der Waals surface area (Å²) in [4.78, 5) is 27.2. The monoisotopic (exact) mass is 330 g/mol. The van der Waals surface area contributed by atoms with E-state index in [9.17, 15) is 9.59 Å². The number of carbonyl (C=O) groups is 2. The van der Waals surface area contributed by atoms with Crippen molar-refractivity contribution < 1.29 is 14.3 Å². The van der Waals surface area contributed by atoms with Crippen LogP contribution in [0.3, 0.4) is 0 Å². The van der Waals surface area contributed by atoms with Gasteiger partial charge in [-0.3, -0.25) is 4.79 Å². The van der Waals surface area contributed by atoms with Gasteiger partial charge in [-0.2, -0.15) is 0 Å². The number of ether oxygens (including phenoxy) is 1. The molecule has 0 unspecified atom stereocenters. The van der Waals surface area contributed by atoms with Gasteiger partial charge in [0.05, 0.1) is 16.7 Å². The third-order valence-corrected chi connectivity index (χ3v) is 4.00. The van der Waals surface area contributed by atoms with Crippen molar-refractivity contribution >= 4 is 35.2 Å². The highest BCUT2D eigenvalue weighted by Crippen LogP contribution is 2.23. The van der Waals surface area contributed by atoms with E-state index in [0.29, 0.717) is 48.4 Å². The average molecular weight is 331 g/mol. The van der Waals surface area contributed by atoms with Crippen LogP contribution in [0.15, 0.2) is 18.2 Å². The van der Waals surface area contributed by atoms with Gasteiger partial charge in [-0.25, -0.2) is 4.79 Å². The Morgan fingerprint density at radius 1 is 1.10 bits per heavy atom. The zero-order valence-electron chi connectivity index (χ0n) is 11.6. The van der Waals surface area contributed by atoms with E-state index in [0.717, 1.165) is 0 Å². The molecule has 1 aliphatic rings. The number of rotatable bonds is 2. The van der Waals surface area contributed by atoms with Crippen molar-refractivity contribution in [1.29, 1.82) is 0 Å². The Kier molecular flexibility index (Phi) is 5.31. The first-order valence-electron chi connectivity index (χ1n) is 6.69. The van der Waals surface area contributed by atoms with Crippen LogP contribution in [0.1, 0.15) is 17.3 Å². The molecule has 0 spiro atoms. The molecule has 2 amide bonds. The zero-order chi connectivity index (χ0) is 15.4. The Morgan fingerprint density at radius 2 is 1.71 bits per heavy atom. The molecular weight excluding hydrogens is 315 g/mol. The second-order valence-electron chi connectivity index (χ2n) is 4.61. The summed E-state index contributed by atoms with van der Waals surface area (Å²) in [6.07, 6.45) is -0.334. The van der Waals surface area contributed by atoms with E-state index in [4.69, 9.17) is 27.9 Å². The Morgan fingerprint density at radius 3 is 2.29 bits per heavy atom. The highest BCUT2D eigenvalue weighted by Gasteiger charge is 2.25. The van der Waals surface area contributed by atoms with Gasteiger partial charge in [0.25, 0.3) is 5.91 Å². The second-order valence-corrected chi connectivity index (χ2v) is 5.42. The number of hydrogen-bond acceptors (Lipinski definition) is 3. The van der Waals surface area contributed by atoms with Crippen molar-refractivity contribution in [2.24, 2.45) is 0 Å². The summed E-state index contributed by atoms with van der Waals surface area (Å²) in [5.74, 6) is -0.114. The fourth-order valence-corrected chi connectivity index (χ4v) is 2.42. The Labute approximate surface area is 133 Å². The van der Waals surface area contributed by atoms with Crippen LogP contribution in [-0.2, 0) is 4.74 Å². The first-order valence-corrected chi connectivity index (χ1v) is 7.44. The van der Waals surface area contributed by atoms with E-state index in [2.05, 4.69) is 0 Å². The van der Waals surface area contributed by atoms with Crippen molar-refractivity contribution in [3.63, 3.8) is 0 Å². The molecule has 1 aromatic rings. The maximum absolute atomic E-state index is 12.4. The molecule has 1 aromatic carbocycles. The van der Waals surface area contributed by atoms with Crippen LogP contribution in [0.2, 0.25) is 10.0 Å². The third kappa shape index (κ3) is 3.80. The van der Waals surface area contributed by atoms with Crippen LogP contribution in [0.25, 0.3) is 0 Å². The molecule has 1 saturated heterocycles. The van der Waals surface area contributed by atoms with Gasteiger partial charge in [0.1, 0.15) is 0 Å². The topological polar surface area (TPSA) is 49.9 Å². The summed E-state index contributed by atoms with van der Waals surface area (Å²) in [5.41, 5.74) is 0.494. The zero-order valence-corrected chi connectivity index (χ0v) is 13.2. The van der Waals surface area contributed by atoms with E-state index < -0.39 is 0 Å². The standard InChI is InChI=1S/C14H16Cl2N2O3/c1-2-21-14(20)18-7-5-17(6-8-18)13(19)10-3-4-11(15)12(16)9-10/h3-4,9H,2,5-8H2,1H3. The fourth-order valence-electron chi connectivity index (χ4n) is 2.12. The molecule has 0 bridgehead atoms. The van der Waals surface area contributed by atoms with Gasteiger partial charge in [-0.05, 0) is 25.1 Å². The minimum Gasteiger partial charge on any atom is -0.450 e. The van der Waals surface area contributed by atoms with E-state index in [1.165, 1.54) is 0 Å². The molecule has 0 N–H and O–H groups in total. The lowest BCUT2D eigenvalue weighted by molar-refractivity contribution is 0.0570. The van der Waals surface area contributed by atoms with Crippen molar-refractivity contribution in [3.05, 3.63) is 33.8 Å². The SMILES string of the molecule is CCOC(=O)N1CCN(C(=O)c2ccc(Cl)c(Cl)c2)CC1. The number of nitrogens with zero attached hydrogens (tertiary/aromatic N) is 2. The van der Waals surface area contributed by atoms with Crippen molar-refractivity contribution in [2.75, 3.05) is 32.8 Å². The van der Waals surface area contributed by atoms with Gasteiger partial charge in [0.15, 0.2) is 0 Å². The maximum atomic E-state index is 12.4. The smallest absolute Gasteiger partial charge is 0.409 e. The lowest BCUT2D eigenvalue weighted by Crippen LogP contribution is -2.50. The summed E-state index contributed by atoms with van der Waals surface area (Å²) in [6.45, 7) is 3.98. The van der Waals surface area contributed by atoms with Crippen LogP contribution < -0.4 is 0 Å². The molecule has 0 saturated carbocycles. The van der Waals surface area contributed by atoms with Gasteiger partial charge in [-0.1, -0.05) is 23.2 Å². The van der Waals surface area contributed by atoms with Gasteiger partial charge < -0.3 is 14.5 Å². The van der Waals surface area contributed by atoms with E-state index in [-0.39, 0.29) is 12.0 Å². The molecule has 1 heterocycles. The van der Waals surface area contributed by atoms with E-state index >= 15 is 0 Å². The number of halogens is 2. The van der Waals surface area contributed by atoms with E-state index in [1.807, 2.05) is 0 Å². The number of piperazine rings is 1. The number of benzene rings is 1. The van der Waals surface area contributed by atoms with Crippen LogP contribution in [-0.4, -0.2) is 54.6 Å². The van der Waals surface area contributed by atoms with Gasteiger partial charge in [0.2, 0.25) is 0 Å². The summed E-state index contributed by atoms with van der Waals surface area (Å²) >= 11 is 11.8. The first-order chi connectivity index (χ1) is 10.0. The molecule has 0 aromatic heterocycles. The molecule has 0 radical (unpaired) electrons. The molecule has 7 heteroatoms. The van der Waals surface area contributed by atoms with Gasteiger partial charge in [-0.15, -0.1) is 0 Å². The van der Waals surface area contributed by atoms with Gasteiger partial charge in [0, 0.05) is 31.7 Å².